The van der Waals surface area contributed by atoms with Gasteiger partial charge in [0.05, 0.1) is 26.4 Å². The molecule has 4 aliphatic rings. The predicted molar refractivity (Wildman–Crippen MR) is 219 cm³/mol. The van der Waals surface area contributed by atoms with Gasteiger partial charge in [0.25, 0.3) is 20.2 Å². The van der Waals surface area contributed by atoms with Crippen LogP contribution in [0.5, 0.6) is 0 Å². The molecule has 0 spiro atoms. The number of ketones is 4. The van der Waals surface area contributed by atoms with E-state index in [0.29, 0.717) is 85.5 Å². The maximum atomic E-state index is 13.6. The van der Waals surface area contributed by atoms with E-state index >= 15 is 0 Å². The Labute approximate surface area is 450 Å². The first-order valence-corrected chi connectivity index (χ1v) is 22.7. The number of unbranched alkanes of at least 4 members (excludes halogenated alkanes) is 4. The summed E-state index contributed by atoms with van der Waals surface area (Å²) >= 11 is 0. The van der Waals surface area contributed by atoms with Crippen molar-refractivity contribution in [3.05, 3.63) is 82.6 Å². The summed E-state index contributed by atoms with van der Waals surface area (Å²) < 4.78 is 69.4. The minimum atomic E-state index is -4.57. The predicted octanol–water partition coefficient (Wildman–Crippen LogP) is -1.08. The van der Waals surface area contributed by atoms with E-state index in [1.165, 1.54) is 48.6 Å². The molecular formula is C43H47K2N2O14S2+3. The van der Waals surface area contributed by atoms with Crippen LogP contribution >= 0.6 is 0 Å². The second kappa shape index (κ2) is 20.4. The molecule has 2 aromatic rings. The molecule has 2 aliphatic heterocycles. The summed E-state index contributed by atoms with van der Waals surface area (Å²) in [4.78, 5) is 77.7. The topological polar surface area (TPSA) is 258 Å². The quantitative estimate of drug-likeness (QED) is 0.0280. The van der Waals surface area contributed by atoms with Gasteiger partial charge in [-0.3, -0.25) is 37.9 Å². The van der Waals surface area contributed by atoms with Crippen molar-refractivity contribution in [3.63, 3.8) is 0 Å². The summed E-state index contributed by atoms with van der Waals surface area (Å²) in [5.41, 5.74) is 0.757. The first kappa shape index (κ1) is 53.5. The number of carbonyl (C=O) groups is 6. The number of hydrogen-bond acceptors (Lipinski definition) is 11. The van der Waals surface area contributed by atoms with E-state index in [4.69, 9.17) is 10.2 Å². The van der Waals surface area contributed by atoms with Crippen molar-refractivity contribution in [3.8, 4) is 0 Å². The van der Waals surface area contributed by atoms with Crippen LogP contribution in [0.2, 0.25) is 0 Å². The maximum Gasteiger partial charge on any atom is 1.00 e. The molecule has 63 heavy (non-hydrogen) atoms. The van der Waals surface area contributed by atoms with E-state index in [2.05, 4.69) is 0 Å². The van der Waals surface area contributed by atoms with Crippen molar-refractivity contribution < 1.29 is 172 Å². The summed E-state index contributed by atoms with van der Waals surface area (Å²) in [6.07, 6.45) is 6.92. The van der Waals surface area contributed by atoms with Gasteiger partial charge in [-0.1, -0.05) is 26.3 Å². The minimum absolute atomic E-state index is 0. The number of aliphatic carboxylic acids is 2. The van der Waals surface area contributed by atoms with Gasteiger partial charge in [0.1, 0.15) is 18.4 Å². The summed E-state index contributed by atoms with van der Waals surface area (Å²) in [6.45, 7) is 7.76. The summed E-state index contributed by atoms with van der Waals surface area (Å²) in [5, 5.41) is 18.1. The van der Waals surface area contributed by atoms with Crippen LogP contribution < -0.4 is 108 Å². The first-order valence-electron chi connectivity index (χ1n) is 19.8. The van der Waals surface area contributed by atoms with Gasteiger partial charge in [-0.15, -0.1) is 0 Å². The molecule has 2 heterocycles. The number of benzene rings is 2. The van der Waals surface area contributed by atoms with E-state index in [-0.39, 0.29) is 137 Å². The number of carbonyl (C=O) groups excluding carboxylic acids is 4. The number of hydrogen-bond donors (Lipinski definition) is 4. The smallest absolute Gasteiger partial charge is 0.481 e. The number of carboxylic acids is 2. The zero-order valence-corrected chi connectivity index (χ0v) is 43.9. The second-order valence-corrected chi connectivity index (χ2v) is 19.6. The monoisotopic (exact) mass is 957 g/mol. The van der Waals surface area contributed by atoms with Crippen LogP contribution in [0.15, 0.2) is 81.3 Å². The van der Waals surface area contributed by atoms with Crippen LogP contribution in [0.1, 0.15) is 90.2 Å². The Kier molecular flexibility index (Phi) is 17.3. The van der Waals surface area contributed by atoms with Crippen LogP contribution in [0, 0.1) is 11.8 Å². The molecule has 6 rings (SSSR count). The minimum Gasteiger partial charge on any atom is -0.481 e. The Morgan fingerprint density at radius 2 is 1.16 bits per heavy atom. The van der Waals surface area contributed by atoms with Crippen molar-refractivity contribution in [1.29, 1.82) is 0 Å². The number of anilines is 1. The molecule has 4 N–H and O–H groups in total. The number of allylic oxidation sites excluding steroid dienone is 6. The molecule has 0 aromatic heterocycles. The molecule has 0 unspecified atom stereocenters. The molecule has 20 heteroatoms. The molecular weight excluding hydrogens is 911 g/mol. The number of fused-ring (bicyclic) bond motifs is 2. The van der Waals surface area contributed by atoms with Gasteiger partial charge in [0, 0.05) is 60.3 Å². The standard InChI is InChI=1S/C43H46N2O14S2.2K/c1-42(2)30-19-24(60(54,55)56)13-15-32(30)44(17-9-5-7-11-36(46)47)34(42)22-28-38(50)26(39(28)51)21-27-40(52)29(41(27)53)23-35-43(3,4)31-20-25(61(57,58)59)14-16-33(31)45(35)18-10-6-8-12-37(48)49;;/h13-16,19-23,26,29H,5-12,17-18H2,1-4H3,(H3-,46,47,48,49,54,55,56,57,58,59);;/q;2*+1/p+1/b27-21?,28-22?,35-23-;;. The van der Waals surface area contributed by atoms with E-state index in [1.807, 2.05) is 9.48 Å². The zero-order valence-electron chi connectivity index (χ0n) is 36.0. The van der Waals surface area contributed by atoms with Gasteiger partial charge < -0.3 is 15.1 Å². The van der Waals surface area contributed by atoms with Crippen LogP contribution in [0.3, 0.4) is 0 Å². The molecule has 0 amide bonds. The SMILES string of the molecule is CC1(C)C(C=C2C(=O)C(C=C3C(=O)C(/C=C4\N(CCCCCC(=O)O)c5ccc(S(=O)(=O)O)cc5C4(C)C)C3=O)C2=O)=[N+](CCCCCC(=O)O)c2ccc(S(=O)(=O)O)cc21.[K+].[K+]. The van der Waals surface area contributed by atoms with Crippen molar-refractivity contribution in [2.75, 3.05) is 18.0 Å². The van der Waals surface area contributed by atoms with Gasteiger partial charge in [-0.25, -0.2) is 0 Å². The molecule has 2 saturated carbocycles. The van der Waals surface area contributed by atoms with E-state index in [0.717, 1.165) is 6.08 Å². The number of nitrogens with zero attached hydrogens (tertiary/aromatic N) is 2. The average molecular weight is 958 g/mol. The molecule has 0 saturated heterocycles. The second-order valence-electron chi connectivity index (χ2n) is 16.8. The van der Waals surface area contributed by atoms with E-state index < -0.39 is 78.0 Å². The number of rotatable bonds is 17. The van der Waals surface area contributed by atoms with Gasteiger partial charge in [-0.2, -0.15) is 21.4 Å². The van der Waals surface area contributed by atoms with Crippen LogP contribution in [0.25, 0.3) is 0 Å². The fraction of sp³-hybridized carbons (Fsp3) is 0.419. The average Bonchev–Trinajstić information content (AvgIpc) is 3.51. The molecule has 324 valence electrons. The third-order valence-corrected chi connectivity index (χ3v) is 13.7. The summed E-state index contributed by atoms with van der Waals surface area (Å²) in [6, 6.07) is 8.19. The number of carboxylic acid groups (broad SMARTS) is 2. The largest absolute Gasteiger partial charge is 1.00 e. The van der Waals surface area contributed by atoms with Gasteiger partial charge in [-0.05, 0) is 81.5 Å². The normalized spacial score (nSPS) is 20.4. The van der Waals surface area contributed by atoms with Crippen LogP contribution in [-0.2, 0) is 59.8 Å². The Balaban J connectivity index is 0.00000436. The van der Waals surface area contributed by atoms with E-state index in [1.54, 1.807) is 27.7 Å². The Morgan fingerprint density at radius 3 is 1.70 bits per heavy atom. The van der Waals surface area contributed by atoms with Crippen molar-refractivity contribution in [2.24, 2.45) is 11.8 Å². The van der Waals surface area contributed by atoms with Crippen molar-refractivity contribution in [2.45, 2.75) is 99.7 Å². The Bertz CT molecular complexity index is 2630. The summed E-state index contributed by atoms with van der Waals surface area (Å²) in [7, 11) is -9.13. The Morgan fingerprint density at radius 1 is 0.667 bits per heavy atom. The fourth-order valence-electron chi connectivity index (χ4n) is 8.58. The van der Waals surface area contributed by atoms with E-state index in [9.17, 15) is 54.7 Å². The van der Waals surface area contributed by atoms with Crippen LogP contribution in [-0.4, -0.2) is 94.6 Å². The zero-order chi connectivity index (χ0) is 45.0. The maximum absolute atomic E-state index is 13.6. The Hall–Kier alpha value is -2.16. The molecule has 0 radical (unpaired) electrons. The molecule has 2 aromatic carbocycles. The molecule has 2 aliphatic carbocycles. The summed E-state index contributed by atoms with van der Waals surface area (Å²) in [5.74, 6) is -7.03. The molecule has 2 fully saturated rings. The van der Waals surface area contributed by atoms with Gasteiger partial charge >= 0.3 is 115 Å². The van der Waals surface area contributed by atoms with Crippen molar-refractivity contribution in [1.82, 2.24) is 0 Å². The van der Waals surface area contributed by atoms with Gasteiger partial charge in [0.2, 0.25) is 5.69 Å². The number of Topliss-reactive ketones (excluding diaryl/α,β-unsaturated/α-hetero) is 4. The molecule has 16 nitrogen and oxygen atoms in total. The third-order valence-electron chi connectivity index (χ3n) is 12.0. The molecule has 0 bridgehead atoms. The molecule has 0 atom stereocenters. The third kappa shape index (κ3) is 10.9. The van der Waals surface area contributed by atoms with Gasteiger partial charge in [0.15, 0.2) is 28.8 Å². The van der Waals surface area contributed by atoms with Crippen molar-refractivity contribution >= 4 is 72.4 Å². The van der Waals surface area contributed by atoms with Crippen LogP contribution in [0.4, 0.5) is 11.4 Å². The first-order chi connectivity index (χ1) is 28.4. The fourth-order valence-corrected chi connectivity index (χ4v) is 9.60.